The van der Waals surface area contributed by atoms with Gasteiger partial charge < -0.3 is 5.32 Å². The zero-order chi connectivity index (χ0) is 10.1. The van der Waals surface area contributed by atoms with Gasteiger partial charge in [0.15, 0.2) is 0 Å². The normalized spacial score (nSPS) is 37.0. The molecule has 4 atom stereocenters. The fraction of sp³-hybridized carbons (Fsp3) is 0.846. The van der Waals surface area contributed by atoms with Crippen molar-refractivity contribution in [3.8, 4) is 0 Å². The summed E-state index contributed by atoms with van der Waals surface area (Å²) in [4.78, 5) is 0. The van der Waals surface area contributed by atoms with Gasteiger partial charge in [0.1, 0.15) is 0 Å². The standard InChI is InChI=1S/C13H23N/c1-9(2)7-10(3)14-13-8-11-5-4-6-12(11)13/h4,6,9-14H,5,7-8H2,1-3H3. The van der Waals surface area contributed by atoms with Crippen LogP contribution in [0.15, 0.2) is 12.2 Å². The van der Waals surface area contributed by atoms with Crippen LogP contribution < -0.4 is 5.32 Å². The van der Waals surface area contributed by atoms with Crippen LogP contribution in [0.25, 0.3) is 0 Å². The van der Waals surface area contributed by atoms with E-state index in [1.54, 1.807) is 0 Å². The van der Waals surface area contributed by atoms with E-state index in [9.17, 15) is 0 Å². The van der Waals surface area contributed by atoms with Gasteiger partial charge in [0.05, 0.1) is 0 Å². The van der Waals surface area contributed by atoms with Crippen LogP contribution in [-0.2, 0) is 0 Å². The fourth-order valence-electron chi connectivity index (χ4n) is 3.05. The molecule has 80 valence electrons. The molecule has 1 heteroatoms. The molecule has 0 saturated heterocycles. The average Bonchev–Trinajstić information content (AvgIpc) is 2.41. The highest BCUT2D eigenvalue weighted by molar-refractivity contribution is 5.13. The van der Waals surface area contributed by atoms with Crippen molar-refractivity contribution in [2.24, 2.45) is 17.8 Å². The maximum absolute atomic E-state index is 3.77. The van der Waals surface area contributed by atoms with E-state index in [1.165, 1.54) is 19.3 Å². The van der Waals surface area contributed by atoms with E-state index in [0.29, 0.717) is 6.04 Å². The maximum Gasteiger partial charge on any atom is 0.0138 e. The van der Waals surface area contributed by atoms with Crippen molar-refractivity contribution >= 4 is 0 Å². The summed E-state index contributed by atoms with van der Waals surface area (Å²) in [5.41, 5.74) is 0. The molecule has 1 nitrogen and oxygen atoms in total. The molecule has 1 fully saturated rings. The lowest BCUT2D eigenvalue weighted by molar-refractivity contribution is 0.148. The van der Waals surface area contributed by atoms with Gasteiger partial charge in [-0.2, -0.15) is 0 Å². The Bertz CT molecular complexity index is 219. The summed E-state index contributed by atoms with van der Waals surface area (Å²) in [5.74, 6) is 2.66. The molecule has 0 spiro atoms. The minimum absolute atomic E-state index is 0.690. The zero-order valence-electron chi connectivity index (χ0n) is 9.66. The van der Waals surface area contributed by atoms with Crippen LogP contribution in [0.4, 0.5) is 0 Å². The van der Waals surface area contributed by atoms with Crippen molar-refractivity contribution in [3.05, 3.63) is 12.2 Å². The van der Waals surface area contributed by atoms with E-state index in [1.807, 2.05) is 0 Å². The number of allylic oxidation sites excluding steroid dienone is 1. The Hall–Kier alpha value is -0.300. The van der Waals surface area contributed by atoms with Crippen molar-refractivity contribution in [2.75, 3.05) is 0 Å². The molecule has 1 N–H and O–H groups in total. The lowest BCUT2D eigenvalue weighted by Gasteiger charge is -2.42. The lowest BCUT2D eigenvalue weighted by Crippen LogP contribution is -2.51. The number of rotatable bonds is 4. The van der Waals surface area contributed by atoms with E-state index >= 15 is 0 Å². The third-order valence-electron chi connectivity index (χ3n) is 3.69. The van der Waals surface area contributed by atoms with Gasteiger partial charge in [-0.15, -0.1) is 0 Å². The molecule has 0 radical (unpaired) electrons. The molecule has 0 aromatic rings. The molecule has 0 bridgehead atoms. The van der Waals surface area contributed by atoms with Crippen molar-refractivity contribution in [3.63, 3.8) is 0 Å². The van der Waals surface area contributed by atoms with E-state index in [4.69, 9.17) is 0 Å². The average molecular weight is 193 g/mol. The smallest absolute Gasteiger partial charge is 0.0138 e. The van der Waals surface area contributed by atoms with Gasteiger partial charge in [0.2, 0.25) is 0 Å². The zero-order valence-corrected chi connectivity index (χ0v) is 9.66. The van der Waals surface area contributed by atoms with E-state index in [-0.39, 0.29) is 0 Å². The Balaban J connectivity index is 1.73. The highest BCUT2D eigenvalue weighted by Gasteiger charge is 2.41. The Labute approximate surface area is 88.0 Å². The molecule has 0 heterocycles. The summed E-state index contributed by atoms with van der Waals surface area (Å²) < 4.78 is 0. The predicted octanol–water partition coefficient (Wildman–Crippen LogP) is 2.98. The van der Waals surface area contributed by atoms with Crippen LogP contribution >= 0.6 is 0 Å². The topological polar surface area (TPSA) is 12.0 Å². The number of nitrogens with one attached hydrogen (secondary N) is 1. The van der Waals surface area contributed by atoms with E-state index < -0.39 is 0 Å². The first-order valence-electron chi connectivity index (χ1n) is 6.09. The molecule has 2 aliphatic carbocycles. The second kappa shape index (κ2) is 4.06. The monoisotopic (exact) mass is 193 g/mol. The van der Waals surface area contributed by atoms with Crippen LogP contribution in [0.5, 0.6) is 0 Å². The minimum atomic E-state index is 0.690. The molecule has 14 heavy (non-hydrogen) atoms. The molecular weight excluding hydrogens is 170 g/mol. The SMILES string of the molecule is CC(C)CC(C)NC1CC2CC=CC21. The molecule has 1 saturated carbocycles. The Morgan fingerprint density at radius 2 is 2.14 bits per heavy atom. The lowest BCUT2D eigenvalue weighted by atomic mass is 9.71. The van der Waals surface area contributed by atoms with Crippen LogP contribution in [0.2, 0.25) is 0 Å². The van der Waals surface area contributed by atoms with Gasteiger partial charge in [-0.1, -0.05) is 26.0 Å². The van der Waals surface area contributed by atoms with E-state index in [0.717, 1.165) is 23.8 Å². The molecule has 2 aliphatic rings. The predicted molar refractivity (Wildman–Crippen MR) is 61.2 cm³/mol. The van der Waals surface area contributed by atoms with Crippen molar-refractivity contribution in [2.45, 2.75) is 52.1 Å². The van der Waals surface area contributed by atoms with Gasteiger partial charge in [-0.25, -0.2) is 0 Å². The number of fused-ring (bicyclic) bond motifs is 1. The minimum Gasteiger partial charge on any atom is -0.311 e. The van der Waals surface area contributed by atoms with Crippen LogP contribution in [-0.4, -0.2) is 12.1 Å². The third-order valence-corrected chi connectivity index (χ3v) is 3.69. The van der Waals surface area contributed by atoms with Gasteiger partial charge in [-0.3, -0.25) is 0 Å². The Morgan fingerprint density at radius 3 is 2.79 bits per heavy atom. The van der Waals surface area contributed by atoms with Crippen LogP contribution in [0.3, 0.4) is 0 Å². The first-order chi connectivity index (χ1) is 6.66. The fourth-order valence-corrected chi connectivity index (χ4v) is 3.05. The Morgan fingerprint density at radius 1 is 1.36 bits per heavy atom. The summed E-state index contributed by atoms with van der Waals surface area (Å²) in [5, 5.41) is 3.77. The maximum atomic E-state index is 3.77. The summed E-state index contributed by atoms with van der Waals surface area (Å²) in [7, 11) is 0. The summed E-state index contributed by atoms with van der Waals surface area (Å²) in [6.07, 6.45) is 8.83. The van der Waals surface area contributed by atoms with Gasteiger partial charge >= 0.3 is 0 Å². The third kappa shape index (κ3) is 2.03. The quantitative estimate of drug-likeness (QED) is 0.677. The summed E-state index contributed by atoms with van der Waals surface area (Å²) >= 11 is 0. The molecule has 0 aromatic carbocycles. The van der Waals surface area contributed by atoms with Gasteiger partial charge in [-0.05, 0) is 43.9 Å². The largest absolute Gasteiger partial charge is 0.311 e. The number of hydrogen-bond donors (Lipinski definition) is 1. The second-order valence-electron chi connectivity index (χ2n) is 5.54. The van der Waals surface area contributed by atoms with Crippen molar-refractivity contribution in [1.82, 2.24) is 5.32 Å². The van der Waals surface area contributed by atoms with Crippen molar-refractivity contribution in [1.29, 1.82) is 0 Å². The van der Waals surface area contributed by atoms with Gasteiger partial charge in [0, 0.05) is 12.1 Å². The first-order valence-corrected chi connectivity index (χ1v) is 6.09. The van der Waals surface area contributed by atoms with Crippen LogP contribution in [0, 0.1) is 17.8 Å². The van der Waals surface area contributed by atoms with E-state index in [2.05, 4.69) is 38.2 Å². The number of hydrogen-bond acceptors (Lipinski definition) is 1. The van der Waals surface area contributed by atoms with Crippen LogP contribution in [0.1, 0.15) is 40.0 Å². The van der Waals surface area contributed by atoms with Crippen molar-refractivity contribution < 1.29 is 0 Å². The molecule has 0 aromatic heterocycles. The molecule has 4 unspecified atom stereocenters. The highest BCUT2D eigenvalue weighted by Crippen LogP contribution is 2.42. The second-order valence-corrected chi connectivity index (χ2v) is 5.54. The molecule has 0 aliphatic heterocycles. The highest BCUT2D eigenvalue weighted by atomic mass is 15.0. The summed E-state index contributed by atoms with van der Waals surface area (Å²) in [6.45, 7) is 6.93. The molecule has 0 amide bonds. The molecule has 2 rings (SSSR count). The van der Waals surface area contributed by atoms with Gasteiger partial charge in [0.25, 0.3) is 0 Å². The first kappa shape index (κ1) is 10.2. The Kier molecular flexibility index (Phi) is 2.96. The summed E-state index contributed by atoms with van der Waals surface area (Å²) in [6, 6.07) is 1.47. The molecular formula is C13H23N.